The van der Waals surface area contributed by atoms with E-state index < -0.39 is 23.9 Å². The molecule has 1 aliphatic heterocycles. The molecular formula is C22H21BrN2O6. The van der Waals surface area contributed by atoms with Crippen molar-refractivity contribution in [3.63, 3.8) is 0 Å². The van der Waals surface area contributed by atoms with Crippen molar-refractivity contribution >= 4 is 45.5 Å². The molecule has 2 aromatic carbocycles. The van der Waals surface area contributed by atoms with E-state index >= 15 is 0 Å². The van der Waals surface area contributed by atoms with Crippen molar-refractivity contribution in [1.82, 2.24) is 5.43 Å². The lowest BCUT2D eigenvalue weighted by atomic mass is 10.1. The van der Waals surface area contributed by atoms with Crippen molar-refractivity contribution in [2.75, 3.05) is 18.7 Å². The van der Waals surface area contributed by atoms with Crippen LogP contribution in [0.25, 0.3) is 6.08 Å². The molecule has 0 aliphatic carbocycles. The molecule has 0 radical (unpaired) electrons. The summed E-state index contributed by atoms with van der Waals surface area (Å²) in [6.07, 6.45) is 0.474. The van der Waals surface area contributed by atoms with E-state index in [1.54, 1.807) is 50.2 Å². The molecule has 9 heteroatoms. The number of methoxy groups -OCH3 is 1. The minimum Gasteiger partial charge on any atom is -0.493 e. The van der Waals surface area contributed by atoms with Crippen molar-refractivity contribution in [1.29, 1.82) is 0 Å². The number of amides is 2. The minimum atomic E-state index is -0.930. The lowest BCUT2D eigenvalue weighted by Crippen LogP contribution is -2.35. The van der Waals surface area contributed by atoms with Crippen LogP contribution in [0.3, 0.4) is 0 Å². The van der Waals surface area contributed by atoms with Gasteiger partial charge in [-0.2, -0.15) is 0 Å². The van der Waals surface area contributed by atoms with E-state index in [0.717, 1.165) is 0 Å². The predicted molar refractivity (Wildman–Crippen MR) is 117 cm³/mol. The fourth-order valence-corrected chi connectivity index (χ4v) is 3.38. The van der Waals surface area contributed by atoms with Gasteiger partial charge in [0.2, 0.25) is 0 Å². The molecular weight excluding hydrogens is 468 g/mol. The molecule has 1 fully saturated rings. The largest absolute Gasteiger partial charge is 0.493 e. The number of rotatable bonds is 7. The third-order valence-corrected chi connectivity index (χ3v) is 4.84. The first kappa shape index (κ1) is 22.4. The average molecular weight is 489 g/mol. The number of hydrogen-bond acceptors (Lipinski definition) is 6. The Labute approximate surface area is 187 Å². The normalized spacial score (nSPS) is 15.6. The number of nitrogens with zero attached hydrogens (tertiary/aromatic N) is 1. The van der Waals surface area contributed by atoms with Crippen LogP contribution in [0.2, 0.25) is 0 Å². The summed E-state index contributed by atoms with van der Waals surface area (Å²) in [6.45, 7) is 3.45. The zero-order chi connectivity index (χ0) is 22.5. The number of halogens is 1. The third-order valence-electron chi connectivity index (χ3n) is 4.39. The van der Waals surface area contributed by atoms with Crippen LogP contribution in [0.5, 0.6) is 11.5 Å². The second-order valence-corrected chi connectivity index (χ2v) is 7.43. The molecule has 0 spiro atoms. The highest BCUT2D eigenvalue weighted by atomic mass is 79.9. The first-order valence-electron chi connectivity index (χ1n) is 9.48. The smallest absolute Gasteiger partial charge is 0.347 e. The van der Waals surface area contributed by atoms with Crippen LogP contribution >= 0.6 is 15.9 Å². The van der Waals surface area contributed by atoms with Crippen molar-refractivity contribution in [3.8, 4) is 11.5 Å². The van der Waals surface area contributed by atoms with E-state index in [4.69, 9.17) is 14.2 Å². The molecule has 0 aromatic heterocycles. The second kappa shape index (κ2) is 9.65. The highest BCUT2D eigenvalue weighted by Crippen LogP contribution is 2.37. The summed E-state index contributed by atoms with van der Waals surface area (Å²) in [7, 11) is 1.45. The minimum absolute atomic E-state index is 0.0855. The Hall–Kier alpha value is -3.33. The lowest BCUT2D eigenvalue weighted by molar-refractivity contribution is -0.150. The molecule has 1 N–H and O–H groups in total. The number of hydrazine groups is 1. The molecule has 1 atom stereocenters. The average Bonchev–Trinajstić information content (AvgIpc) is 3.04. The Kier molecular flexibility index (Phi) is 6.96. The van der Waals surface area contributed by atoms with Gasteiger partial charge in [-0.15, -0.1) is 0 Å². The third kappa shape index (κ3) is 4.88. The van der Waals surface area contributed by atoms with Gasteiger partial charge < -0.3 is 14.2 Å². The van der Waals surface area contributed by atoms with Crippen LogP contribution in [-0.4, -0.2) is 37.6 Å². The number of nitrogens with one attached hydrogen (secondary N) is 1. The van der Waals surface area contributed by atoms with E-state index in [2.05, 4.69) is 21.4 Å². The van der Waals surface area contributed by atoms with Gasteiger partial charge >= 0.3 is 5.97 Å². The quantitative estimate of drug-likeness (QED) is 0.365. The van der Waals surface area contributed by atoms with Crippen LogP contribution in [0.15, 0.2) is 52.5 Å². The summed E-state index contributed by atoms with van der Waals surface area (Å²) in [5.41, 5.74) is 3.38. The number of esters is 1. The predicted octanol–water partition coefficient (Wildman–Crippen LogP) is 3.25. The van der Waals surface area contributed by atoms with Crippen molar-refractivity contribution in [2.45, 2.75) is 20.0 Å². The Balaban J connectivity index is 2.01. The van der Waals surface area contributed by atoms with Gasteiger partial charge in [0.15, 0.2) is 17.6 Å². The number of carbonyl (C=O) groups excluding carboxylic acids is 3. The van der Waals surface area contributed by atoms with E-state index in [1.165, 1.54) is 18.2 Å². The zero-order valence-corrected chi connectivity index (χ0v) is 18.8. The summed E-state index contributed by atoms with van der Waals surface area (Å²) in [4.78, 5) is 37.5. The summed E-state index contributed by atoms with van der Waals surface area (Å²) in [6, 6.07) is 12.1. The number of anilines is 1. The molecule has 162 valence electrons. The van der Waals surface area contributed by atoms with Gasteiger partial charge in [-0.3, -0.25) is 15.0 Å². The van der Waals surface area contributed by atoms with Crippen LogP contribution in [0, 0.1) is 0 Å². The Morgan fingerprint density at radius 3 is 2.58 bits per heavy atom. The van der Waals surface area contributed by atoms with Crippen LogP contribution in [0.4, 0.5) is 5.69 Å². The summed E-state index contributed by atoms with van der Waals surface area (Å²) in [5, 5.41) is 1.17. The first-order chi connectivity index (χ1) is 14.8. The number of para-hydroxylation sites is 1. The van der Waals surface area contributed by atoms with E-state index in [9.17, 15) is 14.4 Å². The fourth-order valence-electron chi connectivity index (χ4n) is 2.93. The Bertz CT molecular complexity index is 1040. The highest BCUT2D eigenvalue weighted by Gasteiger charge is 2.35. The van der Waals surface area contributed by atoms with Crippen LogP contribution in [0.1, 0.15) is 19.4 Å². The number of hydrogen-bond donors (Lipinski definition) is 1. The van der Waals surface area contributed by atoms with Gasteiger partial charge in [0.25, 0.3) is 11.8 Å². The van der Waals surface area contributed by atoms with Gasteiger partial charge in [-0.25, -0.2) is 9.80 Å². The maximum absolute atomic E-state index is 12.9. The zero-order valence-electron chi connectivity index (χ0n) is 17.2. The second-order valence-electron chi connectivity index (χ2n) is 6.51. The maximum Gasteiger partial charge on any atom is 0.347 e. The molecule has 2 aromatic rings. The van der Waals surface area contributed by atoms with Gasteiger partial charge in [-0.1, -0.05) is 34.1 Å². The lowest BCUT2D eigenvalue weighted by Gasteiger charge is -2.18. The summed E-state index contributed by atoms with van der Waals surface area (Å²) >= 11 is 3.38. The fraction of sp³-hybridized carbons (Fsp3) is 0.227. The monoisotopic (exact) mass is 488 g/mol. The SMILES string of the molecule is CCOC(=O)[C@H](C)Oc1c(/C=C2/C(=O)NN(c3ccccc3)C2=O)cc(Br)cc1OC. The van der Waals surface area contributed by atoms with Gasteiger partial charge in [0.05, 0.1) is 19.4 Å². The molecule has 31 heavy (non-hydrogen) atoms. The number of ether oxygens (including phenoxy) is 3. The van der Waals surface area contributed by atoms with Gasteiger partial charge in [-0.05, 0) is 44.2 Å². The number of carbonyl (C=O) groups is 3. The first-order valence-corrected chi connectivity index (χ1v) is 10.3. The molecule has 1 saturated heterocycles. The van der Waals surface area contributed by atoms with Crippen molar-refractivity contribution in [2.24, 2.45) is 0 Å². The van der Waals surface area contributed by atoms with Crippen molar-refractivity contribution in [3.05, 3.63) is 58.1 Å². The summed E-state index contributed by atoms with van der Waals surface area (Å²) in [5.74, 6) is -1.09. The van der Waals surface area contributed by atoms with Crippen LogP contribution < -0.4 is 19.9 Å². The van der Waals surface area contributed by atoms with E-state index in [1.807, 2.05) is 6.07 Å². The summed E-state index contributed by atoms with van der Waals surface area (Å²) < 4.78 is 16.8. The molecule has 0 saturated carbocycles. The Morgan fingerprint density at radius 2 is 1.94 bits per heavy atom. The Morgan fingerprint density at radius 1 is 1.23 bits per heavy atom. The van der Waals surface area contributed by atoms with E-state index in [-0.39, 0.29) is 17.9 Å². The maximum atomic E-state index is 12.9. The molecule has 8 nitrogen and oxygen atoms in total. The standard InChI is InChI=1S/C22H21BrN2O6/c1-4-30-22(28)13(2)31-19-14(10-15(23)12-18(19)29-3)11-17-20(26)24-25(21(17)27)16-8-6-5-7-9-16/h5-13H,4H2,1-3H3,(H,24,26)/b17-11-/t13-/m0/s1. The molecule has 1 aliphatic rings. The van der Waals surface area contributed by atoms with Crippen molar-refractivity contribution < 1.29 is 28.6 Å². The molecule has 3 rings (SSSR count). The molecule has 2 amide bonds. The van der Waals surface area contributed by atoms with Crippen LogP contribution in [-0.2, 0) is 19.1 Å². The van der Waals surface area contributed by atoms with Gasteiger partial charge in [0.1, 0.15) is 5.57 Å². The van der Waals surface area contributed by atoms with Gasteiger partial charge in [0, 0.05) is 10.0 Å². The molecule has 0 bridgehead atoms. The number of benzene rings is 2. The van der Waals surface area contributed by atoms with E-state index in [0.29, 0.717) is 21.5 Å². The topological polar surface area (TPSA) is 94.2 Å². The highest BCUT2D eigenvalue weighted by molar-refractivity contribution is 9.10. The molecule has 0 unspecified atom stereocenters. The molecule has 1 heterocycles.